The summed E-state index contributed by atoms with van der Waals surface area (Å²) in [6, 6.07) is 7.96. The number of hydrogen-bond acceptors (Lipinski definition) is 3. The molecule has 1 unspecified atom stereocenters. The van der Waals surface area contributed by atoms with Gasteiger partial charge in [-0.15, -0.1) is 0 Å². The molecule has 120 valence electrons. The topological polar surface area (TPSA) is 127 Å². The van der Waals surface area contributed by atoms with Crippen LogP contribution in [0.3, 0.4) is 0 Å². The molecule has 7 nitrogen and oxygen atoms in total. The molecule has 0 aromatic heterocycles. The fraction of sp³-hybridized carbons (Fsp3) is 0.400. The van der Waals surface area contributed by atoms with Crippen molar-refractivity contribution in [1.82, 2.24) is 16.2 Å². The summed E-state index contributed by atoms with van der Waals surface area (Å²) in [7, 11) is 0. The molecule has 0 heterocycles. The van der Waals surface area contributed by atoms with Gasteiger partial charge in [0.15, 0.2) is 5.96 Å². The largest absolute Gasteiger partial charge is 0.370 e. The highest BCUT2D eigenvalue weighted by atomic mass is 16.2. The van der Waals surface area contributed by atoms with Crippen molar-refractivity contribution in [3.63, 3.8) is 0 Å². The van der Waals surface area contributed by atoms with Crippen LogP contribution >= 0.6 is 0 Å². The molecule has 0 saturated carbocycles. The van der Waals surface area contributed by atoms with Crippen molar-refractivity contribution in [3.8, 4) is 0 Å². The van der Waals surface area contributed by atoms with Crippen LogP contribution in [0.5, 0.6) is 0 Å². The lowest BCUT2D eigenvalue weighted by atomic mass is 9.96. The minimum atomic E-state index is -0.375. The molecule has 0 bridgehead atoms. The number of benzene rings is 1. The Balaban J connectivity index is 2.55. The second kappa shape index (κ2) is 8.02. The van der Waals surface area contributed by atoms with Gasteiger partial charge in [-0.2, -0.15) is 0 Å². The lowest BCUT2D eigenvalue weighted by Gasteiger charge is -2.15. The van der Waals surface area contributed by atoms with Gasteiger partial charge in [0.1, 0.15) is 0 Å². The average Bonchev–Trinajstić information content (AvgIpc) is 2.43. The Morgan fingerprint density at radius 3 is 2.23 bits per heavy atom. The number of nitrogens with one attached hydrogen (secondary N) is 5. The molecule has 1 rings (SSSR count). The van der Waals surface area contributed by atoms with Gasteiger partial charge in [0, 0.05) is 0 Å². The third kappa shape index (κ3) is 5.82. The molecule has 1 aromatic rings. The van der Waals surface area contributed by atoms with Gasteiger partial charge < -0.3 is 5.73 Å². The van der Waals surface area contributed by atoms with E-state index in [1.54, 1.807) is 6.92 Å². The Morgan fingerprint density at radius 1 is 1.14 bits per heavy atom. The minimum absolute atomic E-state index is 0.264. The van der Waals surface area contributed by atoms with Crippen LogP contribution in [0.25, 0.3) is 0 Å². The van der Waals surface area contributed by atoms with E-state index >= 15 is 0 Å². The van der Waals surface area contributed by atoms with Gasteiger partial charge in [-0.25, -0.2) is 0 Å². The van der Waals surface area contributed by atoms with Gasteiger partial charge in [-0.3, -0.25) is 31.8 Å². The average molecular weight is 304 g/mol. The maximum absolute atomic E-state index is 12.0. The number of guanidine groups is 2. The van der Waals surface area contributed by atoms with Crippen LogP contribution in [0.1, 0.15) is 37.8 Å². The summed E-state index contributed by atoms with van der Waals surface area (Å²) in [5, 5.41) is 16.6. The first-order chi connectivity index (χ1) is 10.3. The molecule has 22 heavy (non-hydrogen) atoms. The summed E-state index contributed by atoms with van der Waals surface area (Å²) in [4.78, 5) is 12.0. The van der Waals surface area contributed by atoms with Crippen molar-refractivity contribution in [3.05, 3.63) is 35.4 Å². The molecule has 0 radical (unpaired) electrons. The van der Waals surface area contributed by atoms with Crippen molar-refractivity contribution >= 4 is 17.8 Å². The van der Waals surface area contributed by atoms with E-state index in [2.05, 4.69) is 30.0 Å². The van der Waals surface area contributed by atoms with E-state index < -0.39 is 0 Å². The molecule has 0 spiro atoms. The van der Waals surface area contributed by atoms with Crippen molar-refractivity contribution in [2.24, 2.45) is 11.7 Å². The van der Waals surface area contributed by atoms with Crippen molar-refractivity contribution < 1.29 is 4.79 Å². The highest BCUT2D eigenvalue weighted by Crippen LogP contribution is 2.17. The van der Waals surface area contributed by atoms with E-state index in [1.807, 2.05) is 24.3 Å². The second-order valence-corrected chi connectivity index (χ2v) is 5.59. The Kier molecular flexibility index (Phi) is 6.37. The summed E-state index contributed by atoms with van der Waals surface area (Å²) in [5.41, 5.74) is 12.0. The van der Waals surface area contributed by atoms with Gasteiger partial charge in [0.2, 0.25) is 11.9 Å². The van der Waals surface area contributed by atoms with Crippen molar-refractivity contribution in [2.75, 3.05) is 0 Å². The number of hydrogen-bond donors (Lipinski definition) is 6. The van der Waals surface area contributed by atoms with Crippen LogP contribution < -0.4 is 21.9 Å². The predicted octanol–water partition coefficient (Wildman–Crippen LogP) is 1.03. The number of amides is 1. The van der Waals surface area contributed by atoms with Gasteiger partial charge in [-0.1, -0.05) is 38.1 Å². The highest BCUT2D eigenvalue weighted by Gasteiger charge is 2.15. The van der Waals surface area contributed by atoms with E-state index in [0.29, 0.717) is 5.92 Å². The Morgan fingerprint density at radius 2 is 1.73 bits per heavy atom. The van der Waals surface area contributed by atoms with Crippen LogP contribution in [0.4, 0.5) is 0 Å². The fourth-order valence-corrected chi connectivity index (χ4v) is 1.96. The third-order valence-corrected chi connectivity index (χ3v) is 3.09. The molecule has 1 atom stereocenters. The third-order valence-electron chi connectivity index (χ3n) is 3.09. The lowest BCUT2D eigenvalue weighted by Crippen LogP contribution is -2.51. The van der Waals surface area contributed by atoms with Crippen molar-refractivity contribution in [2.45, 2.75) is 33.1 Å². The molecular formula is C15H24N6O. The summed E-state index contributed by atoms with van der Waals surface area (Å²) in [6.07, 6.45) is 1.01. The van der Waals surface area contributed by atoms with Crippen LogP contribution in [0.15, 0.2) is 24.3 Å². The number of rotatable bonds is 4. The molecule has 0 aliphatic rings. The molecule has 7 N–H and O–H groups in total. The molecule has 1 aromatic carbocycles. The molecular weight excluding hydrogens is 280 g/mol. The van der Waals surface area contributed by atoms with Crippen LogP contribution in [0.2, 0.25) is 0 Å². The fourth-order valence-electron chi connectivity index (χ4n) is 1.96. The zero-order chi connectivity index (χ0) is 16.7. The highest BCUT2D eigenvalue weighted by molar-refractivity contribution is 5.96. The van der Waals surface area contributed by atoms with Gasteiger partial charge in [0.25, 0.3) is 0 Å². The molecule has 0 saturated heterocycles. The Labute approximate surface area is 130 Å². The zero-order valence-corrected chi connectivity index (χ0v) is 13.2. The zero-order valence-electron chi connectivity index (χ0n) is 13.2. The summed E-state index contributed by atoms with van der Waals surface area (Å²) in [6.45, 7) is 6.12. The smallest absolute Gasteiger partial charge is 0.245 e. The van der Waals surface area contributed by atoms with E-state index in [9.17, 15) is 4.79 Å². The summed E-state index contributed by atoms with van der Waals surface area (Å²) >= 11 is 0. The molecule has 7 heteroatoms. The number of hydrazine groups is 1. The lowest BCUT2D eigenvalue weighted by molar-refractivity contribution is -0.122. The monoisotopic (exact) mass is 304 g/mol. The first-order valence-corrected chi connectivity index (χ1v) is 7.14. The van der Waals surface area contributed by atoms with E-state index in [0.717, 1.165) is 12.0 Å². The first kappa shape index (κ1) is 17.5. The van der Waals surface area contributed by atoms with Crippen molar-refractivity contribution in [1.29, 1.82) is 10.8 Å². The molecule has 0 aliphatic carbocycles. The molecule has 0 aliphatic heterocycles. The SMILES string of the molecule is CC(C)Cc1ccc(C(C)C(=O)NNC(=N)NC(=N)N)cc1. The Hall–Kier alpha value is -2.57. The summed E-state index contributed by atoms with van der Waals surface area (Å²) < 4.78 is 0. The standard InChI is InChI=1S/C15H24N6O/c1-9(2)8-11-4-6-12(7-5-11)10(3)13(22)20-21-15(18)19-14(16)17/h4-7,9-10H,8H2,1-3H3,(H,20,22)(H6,16,17,18,19,21). The van der Waals surface area contributed by atoms with Crippen LogP contribution in [-0.4, -0.2) is 17.8 Å². The van der Waals surface area contributed by atoms with Crippen LogP contribution in [0, 0.1) is 16.7 Å². The van der Waals surface area contributed by atoms with E-state index in [-0.39, 0.29) is 23.7 Å². The van der Waals surface area contributed by atoms with Gasteiger partial charge in [0.05, 0.1) is 5.92 Å². The minimum Gasteiger partial charge on any atom is -0.370 e. The van der Waals surface area contributed by atoms with Gasteiger partial charge in [-0.05, 0) is 30.4 Å². The maximum atomic E-state index is 12.0. The number of carbonyl (C=O) groups is 1. The second-order valence-electron chi connectivity index (χ2n) is 5.59. The molecule has 0 fully saturated rings. The first-order valence-electron chi connectivity index (χ1n) is 7.14. The predicted molar refractivity (Wildman–Crippen MR) is 87.5 cm³/mol. The number of nitrogens with two attached hydrogens (primary N) is 1. The maximum Gasteiger partial charge on any atom is 0.245 e. The van der Waals surface area contributed by atoms with E-state index in [4.69, 9.17) is 16.6 Å². The van der Waals surface area contributed by atoms with Gasteiger partial charge >= 0.3 is 0 Å². The van der Waals surface area contributed by atoms with Crippen LogP contribution in [-0.2, 0) is 11.2 Å². The molecule has 1 amide bonds. The quantitative estimate of drug-likeness (QED) is 0.282. The van der Waals surface area contributed by atoms with E-state index in [1.165, 1.54) is 5.56 Å². The normalized spacial score (nSPS) is 11.6. The summed E-state index contributed by atoms with van der Waals surface area (Å²) in [5.74, 6) is -0.672. The Bertz CT molecular complexity index is 537. The number of carbonyl (C=O) groups excluding carboxylic acids is 1.